The number of likely N-dealkylation sites (tertiary alicyclic amines) is 2. The van der Waals surface area contributed by atoms with E-state index in [-0.39, 0.29) is 30.1 Å². The number of nitrogens with zero attached hydrogens (tertiary/aromatic N) is 5. The summed E-state index contributed by atoms with van der Waals surface area (Å²) in [7, 11) is 1.55. The Kier molecular flexibility index (Phi) is 8.72. The van der Waals surface area contributed by atoms with Crippen LogP contribution in [0.3, 0.4) is 0 Å². The Morgan fingerprint density at radius 2 is 1.71 bits per heavy atom. The summed E-state index contributed by atoms with van der Waals surface area (Å²) in [5.41, 5.74) is 3.97. The molecule has 10 nitrogen and oxygen atoms in total. The first-order valence-electron chi connectivity index (χ1n) is 16.3. The van der Waals surface area contributed by atoms with Crippen LogP contribution in [0.4, 0.5) is 10.1 Å². The Balaban J connectivity index is 0.960. The Labute approximate surface area is 278 Å². The third kappa shape index (κ3) is 6.18. The largest absolute Gasteiger partial charge is 0.367 e. The van der Waals surface area contributed by atoms with Gasteiger partial charge >= 0.3 is 0 Å². The molecule has 0 aliphatic carbocycles. The van der Waals surface area contributed by atoms with E-state index in [1.54, 1.807) is 37.7 Å². The van der Waals surface area contributed by atoms with Crippen molar-refractivity contribution < 1.29 is 18.7 Å². The Bertz CT molecular complexity index is 1910. The number of carbonyl (C=O) groups is 2. The third-order valence-electron chi connectivity index (χ3n) is 9.89. The zero-order valence-electron chi connectivity index (χ0n) is 27.0. The number of piperidine rings is 1. The van der Waals surface area contributed by atoms with Crippen LogP contribution in [0.25, 0.3) is 33.5 Å². The van der Waals surface area contributed by atoms with Gasteiger partial charge in [-0.1, -0.05) is 31.2 Å². The molecule has 48 heavy (non-hydrogen) atoms. The van der Waals surface area contributed by atoms with Crippen LogP contribution < -0.4 is 5.32 Å². The molecule has 0 spiro atoms. The summed E-state index contributed by atoms with van der Waals surface area (Å²) in [6, 6.07) is 21.9. The van der Waals surface area contributed by atoms with Crippen LogP contribution >= 0.6 is 0 Å². The number of hydrogen-bond acceptors (Lipinski definition) is 7. The lowest BCUT2D eigenvalue weighted by atomic mass is 9.89. The number of H-pyrrole nitrogens is 1. The van der Waals surface area contributed by atoms with Gasteiger partial charge in [-0.3, -0.25) is 19.6 Å². The number of nitrogens with one attached hydrogen (secondary N) is 2. The Hall–Kier alpha value is -5.00. The molecule has 0 unspecified atom stereocenters. The Morgan fingerprint density at radius 1 is 1.00 bits per heavy atom. The number of hydrogen-bond donors (Lipinski definition) is 2. The van der Waals surface area contributed by atoms with Gasteiger partial charge in [-0.15, -0.1) is 0 Å². The molecule has 5 aromatic rings. The van der Waals surface area contributed by atoms with Crippen LogP contribution in [0, 0.1) is 11.7 Å². The molecule has 2 amide bonds. The molecule has 11 heteroatoms. The van der Waals surface area contributed by atoms with Gasteiger partial charge in [0.05, 0.1) is 17.8 Å². The summed E-state index contributed by atoms with van der Waals surface area (Å²) >= 11 is 0. The van der Waals surface area contributed by atoms with Crippen molar-refractivity contribution in [2.75, 3.05) is 45.2 Å². The van der Waals surface area contributed by atoms with E-state index in [0.29, 0.717) is 49.3 Å². The topological polar surface area (TPSA) is 116 Å². The van der Waals surface area contributed by atoms with Gasteiger partial charge in [-0.25, -0.2) is 14.4 Å². The van der Waals surface area contributed by atoms with Gasteiger partial charge < -0.3 is 15.0 Å². The molecule has 2 aliphatic rings. The molecule has 0 radical (unpaired) electrons. The standard InChI is InChI=1S/C37H38FN7O3/c1-24-21-44(22-33(46)45-18-14-26(15-19-45)25-4-6-28(7-5-25)35-39-16-3-17-40-35)23-37(24,48-2)36(47)41-30-12-13-32-31(20-30)34(43-42-32)27-8-10-29(38)11-9-27/h3-13,16-17,20,24,26H,14-15,18-19,21-23H2,1-2H3,(H,41,47)(H,42,43)/t24-,37-/m1/s1. The summed E-state index contributed by atoms with van der Waals surface area (Å²) in [6.45, 7) is 4.49. The number of anilines is 1. The summed E-state index contributed by atoms with van der Waals surface area (Å²) in [5.74, 6) is 0.457. The van der Waals surface area contributed by atoms with Gasteiger partial charge in [0.15, 0.2) is 11.4 Å². The van der Waals surface area contributed by atoms with Crippen molar-refractivity contribution >= 4 is 28.4 Å². The van der Waals surface area contributed by atoms with E-state index in [9.17, 15) is 14.0 Å². The molecule has 3 aromatic carbocycles. The van der Waals surface area contributed by atoms with E-state index in [2.05, 4.69) is 49.7 Å². The maximum atomic E-state index is 13.8. The fourth-order valence-electron chi connectivity index (χ4n) is 7.12. The zero-order valence-corrected chi connectivity index (χ0v) is 27.0. The number of carbonyl (C=O) groups excluding carboxylic acids is 2. The van der Waals surface area contributed by atoms with Gasteiger partial charge in [-0.2, -0.15) is 5.10 Å². The highest BCUT2D eigenvalue weighted by Gasteiger charge is 2.51. The molecule has 2 aromatic heterocycles. The molecule has 2 N–H and O–H groups in total. The molecule has 2 saturated heterocycles. The Morgan fingerprint density at radius 3 is 2.42 bits per heavy atom. The lowest BCUT2D eigenvalue weighted by Gasteiger charge is -2.33. The van der Waals surface area contributed by atoms with Crippen LogP contribution in [0.15, 0.2) is 85.2 Å². The van der Waals surface area contributed by atoms with Crippen molar-refractivity contribution in [1.82, 2.24) is 30.0 Å². The molecular weight excluding hydrogens is 609 g/mol. The van der Waals surface area contributed by atoms with Gasteiger partial charge in [0.2, 0.25) is 5.91 Å². The maximum Gasteiger partial charge on any atom is 0.258 e. The third-order valence-corrected chi connectivity index (χ3v) is 9.89. The van der Waals surface area contributed by atoms with E-state index >= 15 is 0 Å². The highest BCUT2D eigenvalue weighted by atomic mass is 19.1. The number of methoxy groups -OCH3 is 1. The monoisotopic (exact) mass is 647 g/mol. The minimum atomic E-state index is -1.12. The number of fused-ring (bicyclic) bond motifs is 1. The summed E-state index contributed by atoms with van der Waals surface area (Å²) in [6.07, 6.45) is 5.29. The van der Waals surface area contributed by atoms with E-state index in [1.165, 1.54) is 17.7 Å². The first-order valence-corrected chi connectivity index (χ1v) is 16.3. The number of amides is 2. The van der Waals surface area contributed by atoms with E-state index in [0.717, 1.165) is 34.9 Å². The van der Waals surface area contributed by atoms with Crippen molar-refractivity contribution in [3.63, 3.8) is 0 Å². The zero-order chi connectivity index (χ0) is 33.3. The normalized spacial score (nSPS) is 20.3. The quantitative estimate of drug-likeness (QED) is 0.228. The fourth-order valence-corrected chi connectivity index (χ4v) is 7.12. The molecule has 0 bridgehead atoms. The average molecular weight is 648 g/mol. The van der Waals surface area contributed by atoms with Crippen molar-refractivity contribution in [3.05, 3.63) is 96.6 Å². The molecule has 2 aliphatic heterocycles. The van der Waals surface area contributed by atoms with E-state index < -0.39 is 5.60 Å². The molecular formula is C37H38FN7O3. The second-order valence-electron chi connectivity index (χ2n) is 12.8. The van der Waals surface area contributed by atoms with Crippen LogP contribution in [0.5, 0.6) is 0 Å². The summed E-state index contributed by atoms with van der Waals surface area (Å²) in [5, 5.41) is 11.3. The maximum absolute atomic E-state index is 13.8. The first-order chi connectivity index (χ1) is 23.3. The predicted octanol–water partition coefficient (Wildman–Crippen LogP) is 5.51. The van der Waals surface area contributed by atoms with Crippen molar-refractivity contribution in [2.45, 2.75) is 31.3 Å². The molecule has 4 heterocycles. The van der Waals surface area contributed by atoms with Gasteiger partial charge in [0, 0.05) is 73.8 Å². The van der Waals surface area contributed by atoms with Crippen LogP contribution in [-0.2, 0) is 14.3 Å². The van der Waals surface area contributed by atoms with E-state index in [1.807, 2.05) is 34.9 Å². The number of rotatable bonds is 8. The first kappa shape index (κ1) is 31.6. The molecule has 2 atom stereocenters. The fraction of sp³-hybridized carbons (Fsp3) is 0.324. The SMILES string of the molecule is CO[C@]1(C(=O)Nc2ccc3[nH]nc(-c4ccc(F)cc4)c3c2)CN(CC(=O)N2CCC(c3ccc(-c4ncccn4)cc3)CC2)C[C@H]1C. The number of ether oxygens (including phenoxy) is 1. The summed E-state index contributed by atoms with van der Waals surface area (Å²) in [4.78, 5) is 39.9. The van der Waals surface area contributed by atoms with Crippen LogP contribution in [0.2, 0.25) is 0 Å². The average Bonchev–Trinajstić information content (AvgIpc) is 3.69. The van der Waals surface area contributed by atoms with Gasteiger partial charge in [0.25, 0.3) is 5.91 Å². The predicted molar refractivity (Wildman–Crippen MR) is 181 cm³/mol. The number of aromatic nitrogens is 4. The van der Waals surface area contributed by atoms with Crippen molar-refractivity contribution in [1.29, 1.82) is 0 Å². The van der Waals surface area contributed by atoms with Crippen molar-refractivity contribution in [3.8, 4) is 22.6 Å². The summed E-state index contributed by atoms with van der Waals surface area (Å²) < 4.78 is 19.4. The molecule has 7 rings (SSSR count). The molecule has 0 saturated carbocycles. The lowest BCUT2D eigenvalue weighted by Crippen LogP contribution is -2.51. The highest BCUT2D eigenvalue weighted by Crippen LogP contribution is 2.34. The molecule has 246 valence electrons. The highest BCUT2D eigenvalue weighted by molar-refractivity contribution is 6.01. The van der Waals surface area contributed by atoms with Gasteiger partial charge in [-0.05, 0) is 72.9 Å². The molecule has 2 fully saturated rings. The van der Waals surface area contributed by atoms with Gasteiger partial charge in [0.1, 0.15) is 5.82 Å². The number of aromatic amines is 1. The number of halogens is 1. The lowest BCUT2D eigenvalue weighted by molar-refractivity contribution is -0.141. The van der Waals surface area contributed by atoms with E-state index in [4.69, 9.17) is 4.74 Å². The minimum Gasteiger partial charge on any atom is -0.367 e. The number of benzene rings is 3. The smallest absolute Gasteiger partial charge is 0.258 e. The van der Waals surface area contributed by atoms with Crippen LogP contribution in [0.1, 0.15) is 31.2 Å². The minimum absolute atomic E-state index is 0.0725. The van der Waals surface area contributed by atoms with Crippen molar-refractivity contribution in [2.24, 2.45) is 5.92 Å². The second kappa shape index (κ2) is 13.2. The van der Waals surface area contributed by atoms with Crippen LogP contribution in [-0.4, -0.2) is 87.2 Å². The second-order valence-corrected chi connectivity index (χ2v) is 12.8.